The van der Waals surface area contributed by atoms with Crippen LogP contribution in [0.1, 0.15) is 19.4 Å². The Labute approximate surface area is 112 Å². The first-order chi connectivity index (χ1) is 8.95. The minimum Gasteiger partial charge on any atom is -0.425 e. The van der Waals surface area contributed by atoms with Crippen LogP contribution in [0.4, 0.5) is 0 Å². The molecule has 0 radical (unpaired) electrons. The Morgan fingerprint density at radius 2 is 1.84 bits per heavy atom. The van der Waals surface area contributed by atoms with Gasteiger partial charge in [0, 0.05) is 17.1 Å². The lowest BCUT2D eigenvalue weighted by Gasteiger charge is -2.30. The molecule has 98 valence electrons. The zero-order valence-electron chi connectivity index (χ0n) is 11.1. The monoisotopic (exact) mass is 256 g/mol. The molecule has 1 atom stereocenters. The summed E-state index contributed by atoms with van der Waals surface area (Å²) in [7, 11) is 0. The molecule has 0 N–H and O–H groups in total. The van der Waals surface area contributed by atoms with Gasteiger partial charge in [0.2, 0.25) is 0 Å². The van der Waals surface area contributed by atoms with Gasteiger partial charge in [0.1, 0.15) is 11.7 Å². The van der Waals surface area contributed by atoms with Gasteiger partial charge in [-0.05, 0) is 0 Å². The number of rotatable bonds is 3. The second kappa shape index (κ2) is 4.84. The third-order valence-electron chi connectivity index (χ3n) is 3.33. The summed E-state index contributed by atoms with van der Waals surface area (Å²) in [5.41, 5.74) is 0.103. The summed E-state index contributed by atoms with van der Waals surface area (Å²) in [6, 6.07) is 9.11. The van der Waals surface area contributed by atoms with Crippen LogP contribution in [0.3, 0.4) is 0 Å². The molecule has 0 saturated carbocycles. The average molecular weight is 256 g/mol. The Kier molecular flexibility index (Phi) is 3.38. The fourth-order valence-electron chi connectivity index (χ4n) is 2.06. The highest BCUT2D eigenvalue weighted by Gasteiger charge is 2.42. The Hall–Kier alpha value is -2.16. The number of allylic oxidation sites excluding steroid dienone is 2. The van der Waals surface area contributed by atoms with E-state index >= 15 is 0 Å². The molecular formula is C16H16O3. The molecule has 0 aliphatic carbocycles. The van der Waals surface area contributed by atoms with Crippen LogP contribution >= 0.6 is 0 Å². The fourth-order valence-corrected chi connectivity index (χ4v) is 2.06. The summed E-state index contributed by atoms with van der Waals surface area (Å²) < 4.78 is 5.30. The van der Waals surface area contributed by atoms with Crippen molar-refractivity contribution in [3.05, 3.63) is 54.6 Å². The van der Waals surface area contributed by atoms with E-state index in [2.05, 4.69) is 6.58 Å². The highest BCUT2D eigenvalue weighted by Crippen LogP contribution is 2.35. The lowest BCUT2D eigenvalue weighted by Crippen LogP contribution is -2.39. The predicted octanol–water partition coefficient (Wildman–Crippen LogP) is 2.98. The summed E-state index contributed by atoms with van der Waals surface area (Å²) in [6.45, 7) is 7.27. The first kappa shape index (κ1) is 13.3. The number of hydrogen-bond donors (Lipinski definition) is 0. The van der Waals surface area contributed by atoms with Crippen LogP contribution < -0.4 is 0 Å². The van der Waals surface area contributed by atoms with Crippen molar-refractivity contribution in [3.8, 4) is 0 Å². The standard InChI is InChI=1S/C16H16O3/c1-4-16(2,3)14-12(17)10-13(19-15(14)18)11-8-6-5-7-9-11/h4-10,14H,1H2,2-3H3/t14-/m1/s1. The van der Waals surface area contributed by atoms with Gasteiger partial charge in [-0.25, -0.2) is 0 Å². The number of carbonyl (C=O) groups excluding carboxylic acids is 2. The van der Waals surface area contributed by atoms with E-state index in [0.717, 1.165) is 5.56 Å². The number of ether oxygens (including phenoxy) is 1. The van der Waals surface area contributed by atoms with E-state index in [1.54, 1.807) is 32.1 Å². The van der Waals surface area contributed by atoms with Gasteiger partial charge in [0.05, 0.1) is 0 Å². The molecule has 0 spiro atoms. The molecule has 1 heterocycles. The van der Waals surface area contributed by atoms with Gasteiger partial charge in [0.25, 0.3) is 0 Å². The smallest absolute Gasteiger partial charge is 0.323 e. The summed E-state index contributed by atoms with van der Waals surface area (Å²) in [4.78, 5) is 24.2. The molecule has 1 aliphatic heterocycles. The van der Waals surface area contributed by atoms with Crippen LogP contribution in [0.15, 0.2) is 49.1 Å². The van der Waals surface area contributed by atoms with E-state index in [9.17, 15) is 9.59 Å². The third-order valence-corrected chi connectivity index (χ3v) is 3.33. The quantitative estimate of drug-likeness (QED) is 0.474. The van der Waals surface area contributed by atoms with Gasteiger partial charge < -0.3 is 4.74 Å². The number of ketones is 1. The van der Waals surface area contributed by atoms with E-state index in [-0.39, 0.29) is 5.78 Å². The van der Waals surface area contributed by atoms with E-state index in [1.807, 2.05) is 18.2 Å². The van der Waals surface area contributed by atoms with Crippen molar-refractivity contribution < 1.29 is 14.3 Å². The van der Waals surface area contributed by atoms with E-state index < -0.39 is 17.3 Å². The lowest BCUT2D eigenvalue weighted by atomic mass is 9.75. The molecule has 0 aromatic heterocycles. The first-order valence-corrected chi connectivity index (χ1v) is 6.12. The normalized spacial score (nSPS) is 19.7. The first-order valence-electron chi connectivity index (χ1n) is 6.12. The van der Waals surface area contributed by atoms with Crippen molar-refractivity contribution in [2.75, 3.05) is 0 Å². The molecule has 3 nitrogen and oxygen atoms in total. The van der Waals surface area contributed by atoms with Crippen molar-refractivity contribution in [1.82, 2.24) is 0 Å². The van der Waals surface area contributed by atoms with Gasteiger partial charge in [-0.2, -0.15) is 0 Å². The molecule has 1 aliphatic rings. The van der Waals surface area contributed by atoms with Gasteiger partial charge in [-0.15, -0.1) is 6.58 Å². The molecule has 0 amide bonds. The minimum atomic E-state index is -0.822. The second-order valence-corrected chi connectivity index (χ2v) is 5.16. The third kappa shape index (κ3) is 2.50. The van der Waals surface area contributed by atoms with E-state index in [0.29, 0.717) is 5.76 Å². The summed E-state index contributed by atoms with van der Waals surface area (Å²) in [6.07, 6.45) is 3.00. The van der Waals surface area contributed by atoms with E-state index in [1.165, 1.54) is 6.08 Å². The molecule has 1 aromatic rings. The Morgan fingerprint density at radius 1 is 1.21 bits per heavy atom. The van der Waals surface area contributed by atoms with E-state index in [4.69, 9.17) is 4.74 Å². The van der Waals surface area contributed by atoms with Gasteiger partial charge in [-0.3, -0.25) is 9.59 Å². The summed E-state index contributed by atoms with van der Waals surface area (Å²) >= 11 is 0. The number of hydrogen-bond acceptors (Lipinski definition) is 3. The number of benzene rings is 1. The highest BCUT2D eigenvalue weighted by atomic mass is 16.5. The maximum Gasteiger partial charge on any atom is 0.323 e. The van der Waals surface area contributed by atoms with Crippen molar-refractivity contribution in [2.24, 2.45) is 11.3 Å². The largest absolute Gasteiger partial charge is 0.425 e. The van der Waals surface area contributed by atoms with Gasteiger partial charge in [0.15, 0.2) is 5.78 Å². The molecule has 2 rings (SSSR count). The van der Waals surface area contributed by atoms with Gasteiger partial charge >= 0.3 is 5.97 Å². The molecule has 19 heavy (non-hydrogen) atoms. The number of esters is 1. The lowest BCUT2D eigenvalue weighted by molar-refractivity contribution is -0.149. The van der Waals surface area contributed by atoms with Crippen molar-refractivity contribution >= 4 is 17.5 Å². The van der Waals surface area contributed by atoms with Crippen LogP contribution in [-0.2, 0) is 14.3 Å². The van der Waals surface area contributed by atoms with Crippen LogP contribution in [0.2, 0.25) is 0 Å². The molecule has 0 saturated heterocycles. The summed E-state index contributed by atoms with van der Waals surface area (Å²) in [5.74, 6) is -1.26. The predicted molar refractivity (Wildman–Crippen MR) is 73.0 cm³/mol. The van der Waals surface area contributed by atoms with Crippen molar-refractivity contribution in [2.45, 2.75) is 13.8 Å². The van der Waals surface area contributed by atoms with Crippen LogP contribution in [0, 0.1) is 11.3 Å². The molecule has 0 unspecified atom stereocenters. The highest BCUT2D eigenvalue weighted by molar-refractivity contribution is 6.12. The van der Waals surface area contributed by atoms with Crippen molar-refractivity contribution in [3.63, 3.8) is 0 Å². The summed E-state index contributed by atoms with van der Waals surface area (Å²) in [5, 5.41) is 0. The maximum atomic E-state index is 12.2. The Bertz CT molecular complexity index is 553. The van der Waals surface area contributed by atoms with Gasteiger partial charge in [-0.1, -0.05) is 50.3 Å². The van der Waals surface area contributed by atoms with Crippen molar-refractivity contribution in [1.29, 1.82) is 0 Å². The fraction of sp³-hybridized carbons (Fsp3) is 0.250. The van der Waals surface area contributed by atoms with Crippen LogP contribution in [-0.4, -0.2) is 11.8 Å². The topological polar surface area (TPSA) is 43.4 Å². The molecular weight excluding hydrogens is 240 g/mol. The second-order valence-electron chi connectivity index (χ2n) is 5.16. The number of cyclic esters (lactones) is 1. The molecule has 0 bridgehead atoms. The Morgan fingerprint density at radius 3 is 2.37 bits per heavy atom. The van der Waals surface area contributed by atoms with Crippen LogP contribution in [0.25, 0.3) is 5.76 Å². The maximum absolute atomic E-state index is 12.2. The Balaban J connectivity index is 2.37. The van der Waals surface area contributed by atoms with Crippen LogP contribution in [0.5, 0.6) is 0 Å². The number of carbonyl (C=O) groups is 2. The molecule has 3 heteroatoms. The zero-order valence-corrected chi connectivity index (χ0v) is 11.1. The molecule has 1 aromatic carbocycles. The SMILES string of the molecule is C=CC(C)(C)[C@@H]1C(=O)C=C(c2ccccc2)OC1=O. The average Bonchev–Trinajstić information content (AvgIpc) is 2.38. The molecule has 0 fully saturated rings. The minimum absolute atomic E-state index is 0.236. The zero-order chi connectivity index (χ0) is 14.0.